The van der Waals surface area contributed by atoms with Crippen molar-refractivity contribution >= 4 is 5.65 Å². The normalized spacial score (nSPS) is 12.2. The first-order valence-electron chi connectivity index (χ1n) is 6.23. The molecule has 3 aromatic rings. The summed E-state index contributed by atoms with van der Waals surface area (Å²) in [6.07, 6.45) is 3.93. The molecule has 19 heavy (non-hydrogen) atoms. The number of aromatic nitrogens is 4. The number of fused-ring (bicyclic) bond motifs is 1. The molecular weight excluding hydrogens is 240 g/mol. The molecule has 0 aliphatic carbocycles. The summed E-state index contributed by atoms with van der Waals surface area (Å²) in [6, 6.07) is 3.90. The lowest BCUT2D eigenvalue weighted by Crippen LogP contribution is -2.13. The van der Waals surface area contributed by atoms with E-state index in [4.69, 9.17) is 4.52 Å². The molecule has 0 aromatic carbocycles. The molecule has 3 aromatic heterocycles. The van der Waals surface area contributed by atoms with Crippen LogP contribution in [0.15, 0.2) is 29.0 Å². The maximum atomic E-state index is 5.33. The Kier molecular flexibility index (Phi) is 2.45. The molecule has 0 saturated heterocycles. The highest BCUT2D eigenvalue weighted by atomic mass is 16.5. The van der Waals surface area contributed by atoms with Gasteiger partial charge in [0.1, 0.15) is 5.65 Å². The number of hydrogen-bond acceptors (Lipinski definition) is 4. The van der Waals surface area contributed by atoms with E-state index in [-0.39, 0.29) is 5.41 Å². The first kappa shape index (κ1) is 11.9. The molecule has 0 saturated carbocycles. The maximum absolute atomic E-state index is 5.33. The fraction of sp³-hybridized carbons (Fsp3) is 0.357. The monoisotopic (exact) mass is 256 g/mol. The Hall–Kier alpha value is -2.17. The van der Waals surface area contributed by atoms with Gasteiger partial charge in [-0.3, -0.25) is 0 Å². The molecule has 0 spiro atoms. The van der Waals surface area contributed by atoms with E-state index in [2.05, 4.69) is 35.9 Å². The van der Waals surface area contributed by atoms with Crippen molar-refractivity contribution in [3.05, 3.63) is 36.0 Å². The third kappa shape index (κ3) is 2.12. The first-order chi connectivity index (χ1) is 8.93. The van der Waals surface area contributed by atoms with E-state index in [0.29, 0.717) is 11.7 Å². The second kappa shape index (κ2) is 3.91. The Bertz CT molecular complexity index is 733. The SMILES string of the molecule is Cc1cn2ccc(-c3nc(C(C)(C)C)no3)cc2n1. The second-order valence-corrected chi connectivity index (χ2v) is 5.74. The van der Waals surface area contributed by atoms with Crippen LogP contribution in [0, 0.1) is 6.92 Å². The lowest BCUT2D eigenvalue weighted by atomic mass is 9.96. The highest BCUT2D eigenvalue weighted by Gasteiger charge is 2.21. The lowest BCUT2D eigenvalue weighted by Gasteiger charge is -2.10. The van der Waals surface area contributed by atoms with Crippen LogP contribution >= 0.6 is 0 Å². The van der Waals surface area contributed by atoms with Crippen LogP contribution in [0.4, 0.5) is 0 Å². The highest BCUT2D eigenvalue weighted by molar-refractivity contribution is 5.60. The van der Waals surface area contributed by atoms with Crippen molar-refractivity contribution in [3.63, 3.8) is 0 Å². The second-order valence-electron chi connectivity index (χ2n) is 5.74. The maximum Gasteiger partial charge on any atom is 0.258 e. The van der Waals surface area contributed by atoms with Gasteiger partial charge in [-0.2, -0.15) is 4.98 Å². The number of aryl methyl sites for hydroxylation is 1. The fourth-order valence-electron chi connectivity index (χ4n) is 1.89. The highest BCUT2D eigenvalue weighted by Crippen LogP contribution is 2.24. The van der Waals surface area contributed by atoms with Crippen LogP contribution in [0.25, 0.3) is 17.1 Å². The standard InChI is InChI=1S/C14H16N4O/c1-9-8-18-6-5-10(7-11(18)15-9)12-16-13(17-19-12)14(2,3)4/h5-8H,1-4H3. The van der Waals surface area contributed by atoms with E-state index < -0.39 is 0 Å². The van der Waals surface area contributed by atoms with E-state index in [0.717, 1.165) is 16.9 Å². The van der Waals surface area contributed by atoms with E-state index in [1.54, 1.807) is 0 Å². The van der Waals surface area contributed by atoms with Gasteiger partial charge in [0.05, 0.1) is 5.69 Å². The predicted octanol–water partition coefficient (Wildman–Crippen LogP) is 2.99. The lowest BCUT2D eigenvalue weighted by molar-refractivity contribution is 0.402. The number of imidazole rings is 1. The molecular formula is C14H16N4O. The summed E-state index contributed by atoms with van der Waals surface area (Å²) >= 11 is 0. The Balaban J connectivity index is 2.06. The number of rotatable bonds is 1. The molecule has 0 radical (unpaired) electrons. The molecule has 0 atom stereocenters. The molecule has 0 aliphatic heterocycles. The summed E-state index contributed by atoms with van der Waals surface area (Å²) < 4.78 is 7.31. The van der Waals surface area contributed by atoms with Crippen LogP contribution < -0.4 is 0 Å². The van der Waals surface area contributed by atoms with E-state index in [1.165, 1.54) is 0 Å². The topological polar surface area (TPSA) is 56.2 Å². The third-order valence-electron chi connectivity index (χ3n) is 2.92. The molecule has 0 unspecified atom stereocenters. The molecule has 0 amide bonds. The summed E-state index contributed by atoms with van der Waals surface area (Å²) in [6.45, 7) is 8.14. The Morgan fingerprint density at radius 2 is 2.00 bits per heavy atom. The van der Waals surface area contributed by atoms with Crippen molar-refractivity contribution in [1.82, 2.24) is 19.5 Å². The van der Waals surface area contributed by atoms with Gasteiger partial charge in [0.15, 0.2) is 5.82 Å². The zero-order valence-electron chi connectivity index (χ0n) is 11.5. The van der Waals surface area contributed by atoms with Crippen molar-refractivity contribution in [2.24, 2.45) is 0 Å². The quantitative estimate of drug-likeness (QED) is 0.671. The summed E-state index contributed by atoms with van der Waals surface area (Å²) in [5.41, 5.74) is 2.64. The molecule has 5 nitrogen and oxygen atoms in total. The van der Waals surface area contributed by atoms with Gasteiger partial charge in [0, 0.05) is 23.4 Å². The minimum Gasteiger partial charge on any atom is -0.334 e. The van der Waals surface area contributed by atoms with Crippen molar-refractivity contribution in [2.75, 3.05) is 0 Å². The Labute approximate surface area is 111 Å². The largest absolute Gasteiger partial charge is 0.334 e. The van der Waals surface area contributed by atoms with Gasteiger partial charge < -0.3 is 8.92 Å². The molecule has 98 valence electrons. The fourth-order valence-corrected chi connectivity index (χ4v) is 1.89. The Morgan fingerprint density at radius 3 is 2.68 bits per heavy atom. The van der Waals surface area contributed by atoms with E-state index in [1.807, 2.05) is 35.9 Å². The predicted molar refractivity (Wildman–Crippen MR) is 71.9 cm³/mol. The zero-order valence-corrected chi connectivity index (χ0v) is 11.5. The summed E-state index contributed by atoms with van der Waals surface area (Å²) in [5, 5.41) is 4.04. The van der Waals surface area contributed by atoms with Gasteiger partial charge in [0.25, 0.3) is 5.89 Å². The summed E-state index contributed by atoms with van der Waals surface area (Å²) in [4.78, 5) is 8.88. The van der Waals surface area contributed by atoms with Gasteiger partial charge in [-0.15, -0.1) is 0 Å². The van der Waals surface area contributed by atoms with E-state index in [9.17, 15) is 0 Å². The third-order valence-corrected chi connectivity index (χ3v) is 2.92. The zero-order chi connectivity index (χ0) is 13.6. The summed E-state index contributed by atoms with van der Waals surface area (Å²) in [5.74, 6) is 1.25. The molecule has 3 rings (SSSR count). The average molecular weight is 256 g/mol. The van der Waals surface area contributed by atoms with Crippen LogP contribution in [-0.4, -0.2) is 19.5 Å². The molecule has 0 N–H and O–H groups in total. The molecule has 3 heterocycles. The van der Waals surface area contributed by atoms with E-state index >= 15 is 0 Å². The molecule has 5 heteroatoms. The van der Waals surface area contributed by atoms with Gasteiger partial charge in [-0.1, -0.05) is 25.9 Å². The number of hydrogen-bond donors (Lipinski definition) is 0. The van der Waals surface area contributed by atoms with Gasteiger partial charge in [0.2, 0.25) is 0 Å². The number of nitrogens with zero attached hydrogens (tertiary/aromatic N) is 4. The molecule has 0 aliphatic rings. The molecule has 0 bridgehead atoms. The van der Waals surface area contributed by atoms with Crippen LogP contribution in [0.1, 0.15) is 32.3 Å². The average Bonchev–Trinajstić information content (AvgIpc) is 2.90. The smallest absolute Gasteiger partial charge is 0.258 e. The number of pyridine rings is 1. The minimum absolute atomic E-state index is 0.115. The van der Waals surface area contributed by atoms with Crippen LogP contribution in [0.5, 0.6) is 0 Å². The van der Waals surface area contributed by atoms with Crippen LogP contribution in [0.2, 0.25) is 0 Å². The Morgan fingerprint density at radius 1 is 1.21 bits per heavy atom. The minimum atomic E-state index is -0.115. The van der Waals surface area contributed by atoms with Crippen LogP contribution in [-0.2, 0) is 5.41 Å². The van der Waals surface area contributed by atoms with Crippen molar-refractivity contribution in [1.29, 1.82) is 0 Å². The molecule has 0 fully saturated rings. The van der Waals surface area contributed by atoms with Crippen molar-refractivity contribution < 1.29 is 4.52 Å². The van der Waals surface area contributed by atoms with Crippen molar-refractivity contribution in [3.8, 4) is 11.5 Å². The van der Waals surface area contributed by atoms with Gasteiger partial charge in [-0.05, 0) is 19.1 Å². The van der Waals surface area contributed by atoms with Gasteiger partial charge >= 0.3 is 0 Å². The van der Waals surface area contributed by atoms with Gasteiger partial charge in [-0.25, -0.2) is 4.98 Å². The summed E-state index contributed by atoms with van der Waals surface area (Å²) in [7, 11) is 0. The van der Waals surface area contributed by atoms with Crippen molar-refractivity contribution in [2.45, 2.75) is 33.1 Å². The first-order valence-corrected chi connectivity index (χ1v) is 6.23. The van der Waals surface area contributed by atoms with Crippen LogP contribution in [0.3, 0.4) is 0 Å².